The van der Waals surface area contributed by atoms with Gasteiger partial charge < -0.3 is 24.8 Å². The molecule has 2 N–H and O–H groups in total. The minimum atomic E-state index is 0. The zero-order chi connectivity index (χ0) is 19.2. The number of hydrogen-bond donors (Lipinski definition) is 2. The van der Waals surface area contributed by atoms with Crippen LogP contribution in [0.15, 0.2) is 29.3 Å². The van der Waals surface area contributed by atoms with Crippen molar-refractivity contribution in [1.82, 2.24) is 10.6 Å². The van der Waals surface area contributed by atoms with Crippen molar-refractivity contribution >= 4 is 29.9 Å². The van der Waals surface area contributed by atoms with Gasteiger partial charge in [0.1, 0.15) is 0 Å². The summed E-state index contributed by atoms with van der Waals surface area (Å²) in [7, 11) is 1.79. The number of hydrogen-bond acceptors (Lipinski definition) is 4. The fourth-order valence-electron chi connectivity index (χ4n) is 2.94. The predicted octanol–water partition coefficient (Wildman–Crippen LogP) is 3.34. The molecule has 1 aliphatic heterocycles. The Bertz CT molecular complexity index is 551. The Balaban J connectivity index is 0.00000392. The third-order valence-electron chi connectivity index (χ3n) is 4.53. The van der Waals surface area contributed by atoms with Crippen molar-refractivity contribution in [3.05, 3.63) is 35.4 Å². The Kier molecular flexibility index (Phi) is 14.3. The smallest absolute Gasteiger partial charge is 0.191 e. The van der Waals surface area contributed by atoms with Crippen LogP contribution in [0.1, 0.15) is 37.3 Å². The number of halogens is 1. The highest BCUT2D eigenvalue weighted by molar-refractivity contribution is 14.0. The molecule has 6 nitrogen and oxygen atoms in total. The molecule has 0 bridgehead atoms. The largest absolute Gasteiger partial charge is 0.381 e. The van der Waals surface area contributed by atoms with Gasteiger partial charge in [-0.2, -0.15) is 0 Å². The maximum atomic E-state index is 5.73. The van der Waals surface area contributed by atoms with Gasteiger partial charge in [-0.05, 0) is 30.4 Å². The number of nitrogens with zero attached hydrogens (tertiary/aromatic N) is 1. The van der Waals surface area contributed by atoms with Crippen LogP contribution in [0, 0.1) is 5.92 Å². The molecule has 0 amide bonds. The van der Waals surface area contributed by atoms with Gasteiger partial charge >= 0.3 is 0 Å². The zero-order valence-corrected chi connectivity index (χ0v) is 19.6. The second-order valence-electron chi connectivity index (χ2n) is 6.83. The molecule has 1 saturated heterocycles. The van der Waals surface area contributed by atoms with E-state index in [0.717, 1.165) is 71.3 Å². The highest BCUT2D eigenvalue weighted by atomic mass is 127. The first kappa shape index (κ1) is 25.1. The molecule has 0 spiro atoms. The number of aliphatic imine (C=N–C) groups is 1. The topological polar surface area (TPSA) is 64.1 Å². The molecule has 1 unspecified atom stereocenters. The number of rotatable bonds is 12. The molecule has 1 heterocycles. The first-order valence-corrected chi connectivity index (χ1v) is 10.1. The fourth-order valence-corrected chi connectivity index (χ4v) is 2.94. The second kappa shape index (κ2) is 16.0. The summed E-state index contributed by atoms with van der Waals surface area (Å²) in [4.78, 5) is 4.29. The monoisotopic (exact) mass is 505 g/mol. The van der Waals surface area contributed by atoms with E-state index >= 15 is 0 Å². The molecule has 1 aromatic carbocycles. The van der Waals surface area contributed by atoms with Crippen molar-refractivity contribution in [1.29, 1.82) is 0 Å². The zero-order valence-electron chi connectivity index (χ0n) is 17.2. The van der Waals surface area contributed by atoms with E-state index in [2.05, 4.69) is 46.8 Å². The van der Waals surface area contributed by atoms with E-state index in [-0.39, 0.29) is 24.0 Å². The van der Waals surface area contributed by atoms with Gasteiger partial charge in [0.05, 0.1) is 19.8 Å². The SMILES string of the molecule is CCCOCc1ccccc1CNC(=NC)NCCCOCC1CCOC1.I. The standard InChI is InChI=1S/C21H35N3O3.HI/c1-3-11-25-17-20-8-5-4-7-19(20)14-24-21(22-2)23-10-6-12-26-15-18-9-13-27-16-18;/h4-5,7-8,18H,3,6,9-17H2,1-2H3,(H2,22,23,24);1H. The maximum absolute atomic E-state index is 5.73. The number of nitrogens with one attached hydrogen (secondary N) is 2. The molecular formula is C21H36IN3O3. The summed E-state index contributed by atoms with van der Waals surface area (Å²) in [5, 5.41) is 6.72. The van der Waals surface area contributed by atoms with Crippen LogP contribution in [0.2, 0.25) is 0 Å². The van der Waals surface area contributed by atoms with Gasteiger partial charge in [-0.15, -0.1) is 24.0 Å². The van der Waals surface area contributed by atoms with Crippen LogP contribution < -0.4 is 10.6 Å². The Morgan fingerprint density at radius 3 is 2.71 bits per heavy atom. The van der Waals surface area contributed by atoms with Crippen molar-refractivity contribution in [3.8, 4) is 0 Å². The van der Waals surface area contributed by atoms with Gasteiger partial charge in [0, 0.05) is 45.9 Å². The Morgan fingerprint density at radius 2 is 2.00 bits per heavy atom. The van der Waals surface area contributed by atoms with Crippen LogP contribution in [0.25, 0.3) is 0 Å². The molecule has 2 rings (SSSR count). The quantitative estimate of drug-likeness (QED) is 0.198. The first-order valence-electron chi connectivity index (χ1n) is 10.1. The van der Waals surface area contributed by atoms with Crippen LogP contribution in [-0.4, -0.2) is 52.6 Å². The highest BCUT2D eigenvalue weighted by Gasteiger charge is 2.15. The molecule has 160 valence electrons. The first-order chi connectivity index (χ1) is 13.3. The molecule has 1 fully saturated rings. The number of guanidine groups is 1. The minimum absolute atomic E-state index is 0. The molecule has 1 atom stereocenters. The summed E-state index contributed by atoms with van der Waals surface area (Å²) >= 11 is 0. The van der Waals surface area contributed by atoms with E-state index in [9.17, 15) is 0 Å². The summed E-state index contributed by atoms with van der Waals surface area (Å²) in [5.74, 6) is 1.39. The molecule has 0 saturated carbocycles. The highest BCUT2D eigenvalue weighted by Crippen LogP contribution is 2.12. The molecule has 28 heavy (non-hydrogen) atoms. The van der Waals surface area contributed by atoms with Crippen molar-refractivity contribution in [3.63, 3.8) is 0 Å². The van der Waals surface area contributed by atoms with E-state index in [4.69, 9.17) is 14.2 Å². The van der Waals surface area contributed by atoms with Gasteiger partial charge in [-0.1, -0.05) is 31.2 Å². The van der Waals surface area contributed by atoms with Crippen LogP contribution in [0.5, 0.6) is 0 Å². The van der Waals surface area contributed by atoms with Crippen molar-refractivity contribution in [2.45, 2.75) is 39.3 Å². The number of benzene rings is 1. The fraction of sp³-hybridized carbons (Fsp3) is 0.667. The van der Waals surface area contributed by atoms with E-state index in [1.807, 2.05) is 0 Å². The number of ether oxygens (including phenoxy) is 3. The summed E-state index contributed by atoms with van der Waals surface area (Å²) in [6, 6.07) is 8.36. The molecule has 0 aliphatic carbocycles. The van der Waals surface area contributed by atoms with E-state index < -0.39 is 0 Å². The lowest BCUT2D eigenvalue weighted by Crippen LogP contribution is -2.37. The van der Waals surface area contributed by atoms with Crippen LogP contribution >= 0.6 is 24.0 Å². The average Bonchev–Trinajstić information content (AvgIpc) is 3.21. The Hall–Kier alpha value is -0.900. The summed E-state index contributed by atoms with van der Waals surface area (Å²) in [6.45, 7) is 8.43. The predicted molar refractivity (Wildman–Crippen MR) is 124 cm³/mol. The summed E-state index contributed by atoms with van der Waals surface area (Å²) in [5.41, 5.74) is 2.46. The van der Waals surface area contributed by atoms with Gasteiger partial charge in [-0.3, -0.25) is 4.99 Å². The Morgan fingerprint density at radius 1 is 1.18 bits per heavy atom. The minimum Gasteiger partial charge on any atom is -0.381 e. The third kappa shape index (κ3) is 10.0. The molecule has 1 aromatic rings. The summed E-state index contributed by atoms with van der Waals surface area (Å²) < 4.78 is 16.8. The van der Waals surface area contributed by atoms with E-state index in [0.29, 0.717) is 12.5 Å². The van der Waals surface area contributed by atoms with Gasteiger partial charge in [0.15, 0.2) is 5.96 Å². The van der Waals surface area contributed by atoms with Crippen LogP contribution in [-0.2, 0) is 27.4 Å². The van der Waals surface area contributed by atoms with Crippen LogP contribution in [0.3, 0.4) is 0 Å². The van der Waals surface area contributed by atoms with Crippen LogP contribution in [0.4, 0.5) is 0 Å². The second-order valence-corrected chi connectivity index (χ2v) is 6.83. The van der Waals surface area contributed by atoms with Crippen molar-refractivity contribution < 1.29 is 14.2 Å². The molecular weight excluding hydrogens is 469 g/mol. The van der Waals surface area contributed by atoms with Gasteiger partial charge in [0.25, 0.3) is 0 Å². The lowest BCUT2D eigenvalue weighted by atomic mass is 10.1. The normalized spacial score (nSPS) is 16.6. The van der Waals surface area contributed by atoms with Crippen molar-refractivity contribution in [2.24, 2.45) is 10.9 Å². The lowest BCUT2D eigenvalue weighted by molar-refractivity contribution is 0.0888. The lowest BCUT2D eigenvalue weighted by Gasteiger charge is -2.15. The van der Waals surface area contributed by atoms with Gasteiger partial charge in [0.2, 0.25) is 0 Å². The average molecular weight is 505 g/mol. The molecule has 0 aromatic heterocycles. The van der Waals surface area contributed by atoms with E-state index in [1.54, 1.807) is 7.05 Å². The molecule has 0 radical (unpaired) electrons. The Labute approximate surface area is 186 Å². The maximum Gasteiger partial charge on any atom is 0.191 e. The third-order valence-corrected chi connectivity index (χ3v) is 4.53. The van der Waals surface area contributed by atoms with E-state index in [1.165, 1.54) is 11.1 Å². The molecule has 7 heteroatoms. The summed E-state index contributed by atoms with van der Waals surface area (Å²) in [6.07, 6.45) is 3.12. The van der Waals surface area contributed by atoms with Gasteiger partial charge in [-0.25, -0.2) is 0 Å². The molecule has 1 aliphatic rings. The van der Waals surface area contributed by atoms with Crippen molar-refractivity contribution in [2.75, 3.05) is 46.6 Å².